The first-order chi connectivity index (χ1) is 12.9. The highest BCUT2D eigenvalue weighted by molar-refractivity contribution is 7.87. The van der Waals surface area contributed by atoms with Crippen LogP contribution in [-0.2, 0) is 14.9 Å². The first kappa shape index (κ1) is 18.4. The summed E-state index contributed by atoms with van der Waals surface area (Å²) in [5.74, 6) is 0.834. The van der Waals surface area contributed by atoms with Gasteiger partial charge in [-0.05, 0) is 54.6 Å². The number of nitrogens with zero attached hydrogens (tertiary/aromatic N) is 1. The molecule has 3 aromatic rings. The fourth-order valence-electron chi connectivity index (χ4n) is 2.17. The molecule has 0 aliphatic heterocycles. The van der Waals surface area contributed by atoms with Crippen molar-refractivity contribution in [3.05, 3.63) is 72.9 Å². The lowest BCUT2D eigenvalue weighted by Crippen LogP contribution is -2.10. The Labute approximate surface area is 156 Å². The molecule has 3 rings (SSSR count). The van der Waals surface area contributed by atoms with Crippen LogP contribution in [0.25, 0.3) is 0 Å². The van der Waals surface area contributed by atoms with Gasteiger partial charge in [-0.1, -0.05) is 6.07 Å². The van der Waals surface area contributed by atoms with Crippen LogP contribution in [0.3, 0.4) is 0 Å². The van der Waals surface area contributed by atoms with E-state index in [1.54, 1.807) is 36.5 Å². The third-order valence-electron chi connectivity index (χ3n) is 3.35. The number of carbonyl (C=O) groups is 1. The lowest BCUT2D eigenvalue weighted by atomic mass is 10.3. The second kappa shape index (κ2) is 7.88. The van der Waals surface area contributed by atoms with Crippen molar-refractivity contribution in [1.82, 2.24) is 4.98 Å². The number of rotatable bonds is 6. The Morgan fingerprint density at radius 2 is 1.59 bits per heavy atom. The maximum Gasteiger partial charge on any atom is 0.339 e. The van der Waals surface area contributed by atoms with Gasteiger partial charge in [0.2, 0.25) is 11.8 Å². The van der Waals surface area contributed by atoms with Gasteiger partial charge in [0.25, 0.3) is 0 Å². The molecule has 0 aliphatic rings. The minimum atomic E-state index is -4.00. The van der Waals surface area contributed by atoms with Gasteiger partial charge >= 0.3 is 10.1 Å². The normalized spacial score (nSPS) is 10.9. The zero-order valence-corrected chi connectivity index (χ0v) is 15.1. The molecule has 0 bridgehead atoms. The number of nitrogens with one attached hydrogen (secondary N) is 1. The van der Waals surface area contributed by atoms with E-state index in [1.807, 2.05) is 0 Å². The summed E-state index contributed by atoms with van der Waals surface area (Å²) in [6.07, 6.45) is 1.61. The van der Waals surface area contributed by atoms with Crippen molar-refractivity contribution in [2.24, 2.45) is 0 Å². The first-order valence-corrected chi connectivity index (χ1v) is 9.34. The van der Waals surface area contributed by atoms with Gasteiger partial charge in [-0.2, -0.15) is 8.42 Å². The van der Waals surface area contributed by atoms with Gasteiger partial charge in [0.05, 0.1) is 0 Å². The van der Waals surface area contributed by atoms with Crippen LogP contribution in [0, 0.1) is 0 Å². The minimum Gasteiger partial charge on any atom is -0.439 e. The van der Waals surface area contributed by atoms with Crippen LogP contribution in [0.5, 0.6) is 17.4 Å². The Balaban J connectivity index is 1.69. The monoisotopic (exact) mass is 384 g/mol. The van der Waals surface area contributed by atoms with Gasteiger partial charge in [-0.3, -0.25) is 4.79 Å². The molecule has 0 saturated heterocycles. The van der Waals surface area contributed by atoms with Crippen LogP contribution in [0.15, 0.2) is 77.8 Å². The fraction of sp³-hybridized carbons (Fsp3) is 0.0526. The molecule has 138 valence electrons. The van der Waals surface area contributed by atoms with Crippen molar-refractivity contribution in [3.8, 4) is 17.4 Å². The van der Waals surface area contributed by atoms with E-state index < -0.39 is 10.1 Å². The number of anilines is 1. The van der Waals surface area contributed by atoms with Gasteiger partial charge in [0, 0.05) is 24.9 Å². The molecular formula is C19H16N2O5S. The van der Waals surface area contributed by atoms with E-state index in [0.717, 1.165) is 0 Å². The fourth-order valence-corrected chi connectivity index (χ4v) is 3.10. The van der Waals surface area contributed by atoms with Crippen molar-refractivity contribution in [1.29, 1.82) is 0 Å². The molecule has 1 heterocycles. The van der Waals surface area contributed by atoms with E-state index in [2.05, 4.69) is 10.3 Å². The summed E-state index contributed by atoms with van der Waals surface area (Å²) in [5.41, 5.74) is 0.498. The van der Waals surface area contributed by atoms with E-state index in [1.165, 1.54) is 43.3 Å². The Morgan fingerprint density at radius 1 is 0.926 bits per heavy atom. The lowest BCUT2D eigenvalue weighted by Gasteiger charge is -2.09. The van der Waals surface area contributed by atoms with Crippen LogP contribution in [0.2, 0.25) is 0 Å². The standard InChI is InChI=1S/C19H16N2O5S/c1-14(22)21-15-5-11-18(12-6-15)27(23,24)26-17-9-7-16(8-10-17)25-19-4-2-3-13-20-19/h2-13H,1H3,(H,21,22). The maximum atomic E-state index is 12.4. The Morgan fingerprint density at radius 3 is 2.19 bits per heavy atom. The molecule has 0 fully saturated rings. The van der Waals surface area contributed by atoms with E-state index in [9.17, 15) is 13.2 Å². The van der Waals surface area contributed by atoms with E-state index in [-0.39, 0.29) is 16.6 Å². The molecule has 8 heteroatoms. The number of benzene rings is 2. The number of ether oxygens (including phenoxy) is 1. The molecule has 1 aromatic heterocycles. The number of aromatic nitrogens is 1. The highest BCUT2D eigenvalue weighted by Gasteiger charge is 2.16. The highest BCUT2D eigenvalue weighted by Crippen LogP contribution is 2.25. The summed E-state index contributed by atoms with van der Waals surface area (Å²) < 4.78 is 35.4. The first-order valence-electron chi connectivity index (χ1n) is 7.93. The van der Waals surface area contributed by atoms with Gasteiger partial charge in [0.15, 0.2) is 0 Å². The van der Waals surface area contributed by atoms with Gasteiger partial charge < -0.3 is 14.2 Å². The summed E-state index contributed by atoms with van der Waals surface area (Å²) in [7, 11) is -4.00. The molecule has 0 atom stereocenters. The average molecular weight is 384 g/mol. The van der Waals surface area contributed by atoms with Crippen LogP contribution in [-0.4, -0.2) is 19.3 Å². The van der Waals surface area contributed by atoms with Crippen LogP contribution < -0.4 is 14.2 Å². The van der Waals surface area contributed by atoms with E-state index >= 15 is 0 Å². The summed E-state index contributed by atoms with van der Waals surface area (Å²) in [4.78, 5) is 15.0. The molecule has 0 unspecified atom stereocenters. The molecule has 2 aromatic carbocycles. The number of hydrogen-bond acceptors (Lipinski definition) is 6. The molecule has 27 heavy (non-hydrogen) atoms. The number of amides is 1. The number of pyridine rings is 1. The van der Waals surface area contributed by atoms with Gasteiger partial charge in [-0.15, -0.1) is 0 Å². The molecule has 0 aliphatic carbocycles. The van der Waals surface area contributed by atoms with Crippen molar-refractivity contribution in [2.45, 2.75) is 11.8 Å². The minimum absolute atomic E-state index is 0.0228. The second-order valence-electron chi connectivity index (χ2n) is 5.48. The second-order valence-corrected chi connectivity index (χ2v) is 7.03. The van der Waals surface area contributed by atoms with Crippen LogP contribution in [0.4, 0.5) is 5.69 Å². The molecular weight excluding hydrogens is 368 g/mol. The smallest absolute Gasteiger partial charge is 0.339 e. The quantitative estimate of drug-likeness (QED) is 0.653. The molecule has 1 N–H and O–H groups in total. The summed E-state index contributed by atoms with van der Waals surface area (Å²) in [5, 5.41) is 2.57. The Hall–Kier alpha value is -3.39. The maximum absolute atomic E-state index is 12.4. The third kappa shape index (κ3) is 5.05. The molecule has 0 saturated carbocycles. The Bertz CT molecular complexity index is 1020. The highest BCUT2D eigenvalue weighted by atomic mass is 32.2. The Kier molecular flexibility index (Phi) is 5.37. The van der Waals surface area contributed by atoms with Crippen molar-refractivity contribution in [2.75, 3.05) is 5.32 Å². The van der Waals surface area contributed by atoms with Crippen molar-refractivity contribution < 1.29 is 22.1 Å². The number of carbonyl (C=O) groups excluding carboxylic acids is 1. The SMILES string of the molecule is CC(=O)Nc1ccc(S(=O)(=O)Oc2ccc(Oc3ccccn3)cc2)cc1. The summed E-state index contributed by atoms with van der Waals surface area (Å²) in [6.45, 7) is 1.37. The zero-order chi connectivity index (χ0) is 19.3. The summed E-state index contributed by atoms with van der Waals surface area (Å²) in [6, 6.07) is 17.1. The lowest BCUT2D eigenvalue weighted by molar-refractivity contribution is -0.114. The van der Waals surface area contributed by atoms with Gasteiger partial charge in [0.1, 0.15) is 16.4 Å². The molecule has 7 nitrogen and oxygen atoms in total. The molecule has 0 radical (unpaired) electrons. The van der Waals surface area contributed by atoms with Gasteiger partial charge in [-0.25, -0.2) is 4.98 Å². The van der Waals surface area contributed by atoms with Crippen molar-refractivity contribution >= 4 is 21.7 Å². The predicted octanol–water partition coefficient (Wildman–Crippen LogP) is 3.60. The average Bonchev–Trinajstić information content (AvgIpc) is 2.64. The largest absolute Gasteiger partial charge is 0.439 e. The zero-order valence-electron chi connectivity index (χ0n) is 14.3. The van der Waals surface area contributed by atoms with Crippen LogP contribution >= 0.6 is 0 Å². The summed E-state index contributed by atoms with van der Waals surface area (Å²) >= 11 is 0. The van der Waals surface area contributed by atoms with E-state index in [0.29, 0.717) is 17.3 Å². The predicted molar refractivity (Wildman–Crippen MR) is 99.3 cm³/mol. The third-order valence-corrected chi connectivity index (χ3v) is 4.61. The number of hydrogen-bond donors (Lipinski definition) is 1. The molecule has 0 spiro atoms. The van der Waals surface area contributed by atoms with Crippen LogP contribution in [0.1, 0.15) is 6.92 Å². The van der Waals surface area contributed by atoms with E-state index in [4.69, 9.17) is 8.92 Å². The van der Waals surface area contributed by atoms with Crippen molar-refractivity contribution in [3.63, 3.8) is 0 Å². The molecule has 1 amide bonds. The topological polar surface area (TPSA) is 94.6 Å².